The lowest BCUT2D eigenvalue weighted by Gasteiger charge is -2.45. The molecule has 0 saturated carbocycles. The average molecular weight is 331 g/mol. The summed E-state index contributed by atoms with van der Waals surface area (Å²) in [5.41, 5.74) is 2.94. The van der Waals surface area contributed by atoms with Crippen LogP contribution < -0.4 is 0 Å². The number of sulfonamides is 1. The fourth-order valence-electron chi connectivity index (χ4n) is 3.14. The summed E-state index contributed by atoms with van der Waals surface area (Å²) in [6, 6.07) is -0.0595. The van der Waals surface area contributed by atoms with Gasteiger partial charge in [-0.05, 0) is 13.3 Å². The normalized spacial score (nSPS) is 28.5. The van der Waals surface area contributed by atoms with Crippen molar-refractivity contribution in [1.82, 2.24) is 14.2 Å². The topological polar surface area (TPSA) is 62.7 Å². The van der Waals surface area contributed by atoms with Crippen LogP contribution in [0, 0.1) is 6.92 Å². The molecule has 2 aliphatic heterocycles. The number of likely N-dealkylation sites (tertiary alicyclic amines) is 1. The third-order valence-corrected chi connectivity index (χ3v) is 6.48. The quantitative estimate of drug-likeness (QED) is 0.815. The SMILES string of the molecule is Cc1ncsc1CN1CC[C@H]2OCCN(S(C)(=O)=O)[C@@H]2C1. The molecule has 0 radical (unpaired) electrons. The summed E-state index contributed by atoms with van der Waals surface area (Å²) in [6.07, 6.45) is 2.21. The van der Waals surface area contributed by atoms with Gasteiger partial charge in [0, 0.05) is 31.1 Å². The molecule has 0 unspecified atom stereocenters. The highest BCUT2D eigenvalue weighted by molar-refractivity contribution is 7.88. The maximum absolute atomic E-state index is 12.0. The standard InChI is InChI=1S/C13H21N3O3S2/c1-10-13(20-9-14-10)8-15-4-3-12-11(7-15)16(5-6-19-12)21(2,17)18/h9,11-12H,3-8H2,1-2H3/t11-,12-/m1/s1. The Balaban J connectivity index is 1.73. The van der Waals surface area contributed by atoms with Crippen LogP contribution in [0.1, 0.15) is 17.0 Å². The average Bonchev–Trinajstić information content (AvgIpc) is 2.82. The van der Waals surface area contributed by atoms with Crippen molar-refractivity contribution in [3.8, 4) is 0 Å². The zero-order chi connectivity index (χ0) is 15.0. The van der Waals surface area contributed by atoms with Gasteiger partial charge in [0.2, 0.25) is 10.0 Å². The molecule has 2 aliphatic rings. The number of aryl methyl sites for hydroxylation is 1. The second-order valence-corrected chi connectivity index (χ2v) is 8.61. The zero-order valence-corrected chi connectivity index (χ0v) is 14.0. The Morgan fingerprint density at radius 3 is 2.95 bits per heavy atom. The lowest BCUT2D eigenvalue weighted by molar-refractivity contribution is -0.0767. The maximum Gasteiger partial charge on any atom is 0.211 e. The van der Waals surface area contributed by atoms with E-state index in [2.05, 4.69) is 9.88 Å². The van der Waals surface area contributed by atoms with Crippen molar-refractivity contribution in [1.29, 1.82) is 0 Å². The molecule has 0 bridgehead atoms. The molecular formula is C13H21N3O3S2. The van der Waals surface area contributed by atoms with Gasteiger partial charge in [0.25, 0.3) is 0 Å². The number of thiazole rings is 1. The molecule has 8 heteroatoms. The maximum atomic E-state index is 12.0. The van der Waals surface area contributed by atoms with E-state index < -0.39 is 10.0 Å². The van der Waals surface area contributed by atoms with Gasteiger partial charge >= 0.3 is 0 Å². The number of fused-ring (bicyclic) bond motifs is 1. The number of rotatable bonds is 3. The van der Waals surface area contributed by atoms with Crippen LogP contribution in [0.3, 0.4) is 0 Å². The highest BCUT2D eigenvalue weighted by Crippen LogP contribution is 2.26. The van der Waals surface area contributed by atoms with E-state index >= 15 is 0 Å². The third-order valence-electron chi connectivity index (χ3n) is 4.26. The summed E-state index contributed by atoms with van der Waals surface area (Å²) >= 11 is 1.66. The van der Waals surface area contributed by atoms with Crippen molar-refractivity contribution in [2.24, 2.45) is 0 Å². The van der Waals surface area contributed by atoms with E-state index in [0.29, 0.717) is 13.2 Å². The molecule has 2 fully saturated rings. The summed E-state index contributed by atoms with van der Waals surface area (Å²) in [5.74, 6) is 0. The third kappa shape index (κ3) is 3.29. The largest absolute Gasteiger partial charge is 0.375 e. The molecular weight excluding hydrogens is 310 g/mol. The van der Waals surface area contributed by atoms with E-state index in [4.69, 9.17) is 4.74 Å². The molecule has 2 atom stereocenters. The molecule has 0 spiro atoms. The Hall–Kier alpha value is -0.540. The van der Waals surface area contributed by atoms with Gasteiger partial charge in [-0.15, -0.1) is 11.3 Å². The van der Waals surface area contributed by atoms with Crippen molar-refractivity contribution in [2.45, 2.75) is 32.0 Å². The minimum atomic E-state index is -3.17. The Labute approximate surface area is 129 Å². The molecule has 3 rings (SSSR count). The van der Waals surface area contributed by atoms with E-state index in [-0.39, 0.29) is 12.1 Å². The number of hydrogen-bond donors (Lipinski definition) is 0. The van der Waals surface area contributed by atoms with Crippen molar-refractivity contribution in [3.63, 3.8) is 0 Å². The van der Waals surface area contributed by atoms with Crippen molar-refractivity contribution in [2.75, 3.05) is 32.5 Å². The first kappa shape index (κ1) is 15.4. The van der Waals surface area contributed by atoms with Crippen LogP contribution in [-0.2, 0) is 21.3 Å². The molecule has 1 aromatic heterocycles. The summed E-state index contributed by atoms with van der Waals surface area (Å²) in [5, 5.41) is 0. The second-order valence-electron chi connectivity index (χ2n) is 5.74. The van der Waals surface area contributed by atoms with Gasteiger partial charge in [-0.1, -0.05) is 0 Å². The number of aromatic nitrogens is 1. The predicted molar refractivity (Wildman–Crippen MR) is 81.8 cm³/mol. The number of nitrogens with zero attached hydrogens (tertiary/aromatic N) is 3. The molecule has 118 valence electrons. The number of morpholine rings is 1. The van der Waals surface area contributed by atoms with Gasteiger partial charge < -0.3 is 4.74 Å². The van der Waals surface area contributed by atoms with E-state index in [1.807, 2.05) is 12.4 Å². The van der Waals surface area contributed by atoms with Crippen molar-refractivity contribution >= 4 is 21.4 Å². The minimum Gasteiger partial charge on any atom is -0.375 e. The Morgan fingerprint density at radius 2 is 2.29 bits per heavy atom. The highest BCUT2D eigenvalue weighted by Gasteiger charge is 2.40. The molecule has 0 N–H and O–H groups in total. The minimum absolute atomic E-state index is 0.0345. The fraction of sp³-hybridized carbons (Fsp3) is 0.769. The molecule has 0 aromatic carbocycles. The van der Waals surface area contributed by atoms with Gasteiger partial charge in [0.05, 0.1) is 36.2 Å². The monoisotopic (exact) mass is 331 g/mol. The lowest BCUT2D eigenvalue weighted by atomic mass is 10.0. The van der Waals surface area contributed by atoms with Crippen LogP contribution >= 0.6 is 11.3 Å². The van der Waals surface area contributed by atoms with Gasteiger partial charge in [-0.2, -0.15) is 4.31 Å². The first-order valence-electron chi connectivity index (χ1n) is 7.15. The van der Waals surface area contributed by atoms with Crippen LogP contribution in [0.15, 0.2) is 5.51 Å². The molecule has 21 heavy (non-hydrogen) atoms. The first-order valence-corrected chi connectivity index (χ1v) is 9.87. The van der Waals surface area contributed by atoms with Gasteiger partial charge in [-0.3, -0.25) is 4.90 Å². The first-order chi connectivity index (χ1) is 9.95. The molecule has 0 amide bonds. The Kier molecular flexibility index (Phi) is 4.33. The number of piperidine rings is 1. The molecule has 6 nitrogen and oxygen atoms in total. The van der Waals surface area contributed by atoms with Crippen LogP contribution in [-0.4, -0.2) is 67.2 Å². The highest BCUT2D eigenvalue weighted by atomic mass is 32.2. The predicted octanol–water partition coefficient (Wildman–Crippen LogP) is 0.686. The van der Waals surface area contributed by atoms with Crippen LogP contribution in [0.2, 0.25) is 0 Å². The second kappa shape index (κ2) is 5.92. The molecule has 3 heterocycles. The molecule has 1 aromatic rings. The van der Waals surface area contributed by atoms with E-state index in [1.165, 1.54) is 11.1 Å². The van der Waals surface area contributed by atoms with Gasteiger partial charge in [-0.25, -0.2) is 13.4 Å². The van der Waals surface area contributed by atoms with E-state index in [9.17, 15) is 8.42 Å². The zero-order valence-electron chi connectivity index (χ0n) is 12.4. The van der Waals surface area contributed by atoms with Gasteiger partial charge in [0.15, 0.2) is 0 Å². The number of hydrogen-bond acceptors (Lipinski definition) is 6. The van der Waals surface area contributed by atoms with Crippen molar-refractivity contribution < 1.29 is 13.2 Å². The molecule has 0 aliphatic carbocycles. The summed E-state index contributed by atoms with van der Waals surface area (Å²) in [6.45, 7) is 5.50. The fourth-order valence-corrected chi connectivity index (χ4v) is 5.06. The van der Waals surface area contributed by atoms with Crippen LogP contribution in [0.4, 0.5) is 0 Å². The van der Waals surface area contributed by atoms with Crippen LogP contribution in [0.5, 0.6) is 0 Å². The smallest absolute Gasteiger partial charge is 0.211 e. The summed E-state index contributed by atoms with van der Waals surface area (Å²) < 4.78 is 31.3. The summed E-state index contributed by atoms with van der Waals surface area (Å²) in [7, 11) is -3.17. The Morgan fingerprint density at radius 1 is 1.48 bits per heavy atom. The van der Waals surface area contributed by atoms with E-state index in [1.54, 1.807) is 15.6 Å². The number of ether oxygens (including phenoxy) is 1. The Bertz CT molecular complexity index is 602. The lowest BCUT2D eigenvalue weighted by Crippen LogP contribution is -2.60. The van der Waals surface area contributed by atoms with E-state index in [0.717, 1.165) is 31.7 Å². The summed E-state index contributed by atoms with van der Waals surface area (Å²) in [4.78, 5) is 7.85. The van der Waals surface area contributed by atoms with Crippen LogP contribution in [0.25, 0.3) is 0 Å². The van der Waals surface area contributed by atoms with Gasteiger partial charge in [0.1, 0.15) is 0 Å². The van der Waals surface area contributed by atoms with Crippen molar-refractivity contribution in [3.05, 3.63) is 16.1 Å². The molecule has 2 saturated heterocycles.